The third-order valence-electron chi connectivity index (χ3n) is 3.81. The quantitative estimate of drug-likeness (QED) is 0.418. The van der Waals surface area contributed by atoms with Crippen LogP contribution in [0.25, 0.3) is 11.5 Å². The fourth-order valence-corrected chi connectivity index (χ4v) is 2.38. The van der Waals surface area contributed by atoms with Crippen LogP contribution in [0.2, 0.25) is 0 Å². The fourth-order valence-electron chi connectivity index (χ4n) is 2.38. The van der Waals surface area contributed by atoms with Crippen molar-refractivity contribution in [2.24, 2.45) is 0 Å². The molecule has 0 saturated heterocycles. The first kappa shape index (κ1) is 18.1. The summed E-state index contributed by atoms with van der Waals surface area (Å²) in [5.74, 6) is 0.563. The number of hydrogen-bond acceptors (Lipinski definition) is 9. The molecule has 0 saturated carbocycles. The van der Waals surface area contributed by atoms with Crippen molar-refractivity contribution < 1.29 is 29.3 Å². The van der Waals surface area contributed by atoms with Gasteiger partial charge in [-0.25, -0.2) is 0 Å². The summed E-state index contributed by atoms with van der Waals surface area (Å²) in [6.07, 6.45) is -4.62. The molecule has 3 atom stereocenters. The highest BCUT2D eigenvalue weighted by atomic mass is 16.4. The molecule has 0 aliphatic carbocycles. The normalized spacial score (nSPS) is 14.8. The zero-order valence-corrected chi connectivity index (χ0v) is 13.9. The SMILES string of the molecule is Cc1oc([C@@H](O)[C@@H](O)[C@H](O)CO)cc1-c1nnc(Nc2ccccc2)o1. The molecular formula is C17H19N3O6. The van der Waals surface area contributed by atoms with E-state index in [4.69, 9.17) is 13.9 Å². The molecule has 0 unspecified atom stereocenters. The van der Waals surface area contributed by atoms with Gasteiger partial charge in [0.05, 0.1) is 12.2 Å². The Kier molecular flexibility index (Phi) is 5.33. The smallest absolute Gasteiger partial charge is 0.320 e. The van der Waals surface area contributed by atoms with Gasteiger partial charge in [-0.3, -0.25) is 0 Å². The predicted molar refractivity (Wildman–Crippen MR) is 90.5 cm³/mol. The maximum absolute atomic E-state index is 10.1. The molecule has 0 aliphatic heterocycles. The summed E-state index contributed by atoms with van der Waals surface area (Å²) in [5.41, 5.74) is 1.22. The van der Waals surface area contributed by atoms with Gasteiger partial charge in [0.25, 0.3) is 5.89 Å². The van der Waals surface area contributed by atoms with Crippen LogP contribution in [0.1, 0.15) is 17.6 Å². The summed E-state index contributed by atoms with van der Waals surface area (Å²) in [6.45, 7) is 0.942. The summed E-state index contributed by atoms with van der Waals surface area (Å²) in [7, 11) is 0. The number of anilines is 2. The second-order valence-corrected chi connectivity index (χ2v) is 5.71. The lowest BCUT2D eigenvalue weighted by Gasteiger charge is -2.19. The topological polar surface area (TPSA) is 145 Å². The molecule has 9 nitrogen and oxygen atoms in total. The van der Waals surface area contributed by atoms with Crippen molar-refractivity contribution >= 4 is 11.7 Å². The van der Waals surface area contributed by atoms with E-state index in [0.29, 0.717) is 11.3 Å². The number of aliphatic hydroxyl groups is 4. The van der Waals surface area contributed by atoms with Crippen molar-refractivity contribution in [3.05, 3.63) is 47.9 Å². The first-order valence-corrected chi connectivity index (χ1v) is 7.91. The molecule has 1 aromatic carbocycles. The monoisotopic (exact) mass is 361 g/mol. The highest BCUT2D eigenvalue weighted by Crippen LogP contribution is 2.31. The first-order chi connectivity index (χ1) is 12.5. The average Bonchev–Trinajstić information content (AvgIpc) is 3.27. The van der Waals surface area contributed by atoms with Crippen LogP contribution in [-0.2, 0) is 0 Å². The predicted octanol–water partition coefficient (Wildman–Crippen LogP) is 1.13. The van der Waals surface area contributed by atoms with E-state index in [1.165, 1.54) is 6.07 Å². The van der Waals surface area contributed by atoms with Crippen molar-refractivity contribution in [2.45, 2.75) is 25.2 Å². The van der Waals surface area contributed by atoms with E-state index in [2.05, 4.69) is 15.5 Å². The number of benzene rings is 1. The van der Waals surface area contributed by atoms with Crippen LogP contribution in [0, 0.1) is 6.92 Å². The maximum Gasteiger partial charge on any atom is 0.320 e. The lowest BCUT2D eigenvalue weighted by molar-refractivity contribution is -0.0837. The van der Waals surface area contributed by atoms with Gasteiger partial charge in [-0.05, 0) is 25.1 Å². The second kappa shape index (κ2) is 7.67. The van der Waals surface area contributed by atoms with Gasteiger partial charge in [0.1, 0.15) is 29.8 Å². The van der Waals surface area contributed by atoms with Crippen LogP contribution >= 0.6 is 0 Å². The fraction of sp³-hybridized carbons (Fsp3) is 0.294. The second-order valence-electron chi connectivity index (χ2n) is 5.71. The van der Waals surface area contributed by atoms with Crippen molar-refractivity contribution in [3.8, 4) is 11.5 Å². The van der Waals surface area contributed by atoms with Crippen LogP contribution in [0.5, 0.6) is 0 Å². The van der Waals surface area contributed by atoms with Gasteiger partial charge in [0, 0.05) is 5.69 Å². The molecule has 0 aliphatic rings. The van der Waals surface area contributed by atoms with Crippen molar-refractivity contribution in [1.82, 2.24) is 10.2 Å². The van der Waals surface area contributed by atoms with Gasteiger partial charge in [-0.2, -0.15) is 0 Å². The average molecular weight is 361 g/mol. The van der Waals surface area contributed by atoms with Crippen LogP contribution in [0.4, 0.5) is 11.7 Å². The van der Waals surface area contributed by atoms with Crippen molar-refractivity contribution in [3.63, 3.8) is 0 Å². The largest absolute Gasteiger partial charge is 0.463 e. The van der Waals surface area contributed by atoms with Crippen LogP contribution in [0.3, 0.4) is 0 Å². The zero-order chi connectivity index (χ0) is 18.7. The summed E-state index contributed by atoms with van der Waals surface area (Å²) >= 11 is 0. The van der Waals surface area contributed by atoms with Gasteiger partial charge in [0.2, 0.25) is 0 Å². The molecule has 2 heterocycles. The number of aromatic nitrogens is 2. The van der Waals surface area contributed by atoms with Crippen molar-refractivity contribution in [2.75, 3.05) is 11.9 Å². The molecular weight excluding hydrogens is 342 g/mol. The van der Waals surface area contributed by atoms with E-state index in [9.17, 15) is 15.3 Å². The number of aryl methyl sites for hydroxylation is 1. The third kappa shape index (κ3) is 3.75. The molecule has 3 aromatic rings. The van der Waals surface area contributed by atoms with E-state index in [-0.39, 0.29) is 17.7 Å². The molecule has 2 aromatic heterocycles. The number of furan rings is 1. The minimum absolute atomic E-state index is 0.00766. The Morgan fingerprint density at radius 1 is 1.08 bits per heavy atom. The van der Waals surface area contributed by atoms with E-state index in [0.717, 1.165) is 5.69 Å². The lowest BCUT2D eigenvalue weighted by Crippen LogP contribution is -2.34. The van der Waals surface area contributed by atoms with Crippen molar-refractivity contribution in [1.29, 1.82) is 0 Å². The summed E-state index contributed by atoms with van der Waals surface area (Å²) < 4.78 is 11.0. The van der Waals surface area contributed by atoms with E-state index in [1.807, 2.05) is 30.3 Å². The Labute approximate surface area is 148 Å². The van der Waals surface area contributed by atoms with Gasteiger partial charge in [-0.1, -0.05) is 23.3 Å². The molecule has 0 spiro atoms. The standard InChI is InChI=1S/C17H19N3O6/c1-9-11(7-13(25-9)15(24)14(23)12(22)8-21)16-19-20-17(26-16)18-10-5-3-2-4-6-10/h2-7,12,14-15,21-24H,8H2,1H3,(H,18,20)/t12-,14+,15-/m1/s1. The summed E-state index contributed by atoms with van der Waals surface area (Å²) in [5, 5.41) is 49.0. The highest BCUT2D eigenvalue weighted by molar-refractivity contribution is 5.58. The Balaban J connectivity index is 1.79. The number of rotatable bonds is 7. The minimum Gasteiger partial charge on any atom is -0.463 e. The molecule has 0 radical (unpaired) electrons. The molecule has 0 amide bonds. The van der Waals surface area contributed by atoms with Gasteiger partial charge < -0.3 is 34.6 Å². The molecule has 26 heavy (non-hydrogen) atoms. The van der Waals surface area contributed by atoms with Gasteiger partial charge in [-0.15, -0.1) is 5.10 Å². The molecule has 0 bridgehead atoms. The van der Waals surface area contributed by atoms with Gasteiger partial charge >= 0.3 is 6.01 Å². The molecule has 138 valence electrons. The molecule has 0 fully saturated rings. The summed E-state index contributed by atoms with van der Waals surface area (Å²) in [6, 6.07) is 10.9. The minimum atomic E-state index is -1.60. The first-order valence-electron chi connectivity index (χ1n) is 7.91. The van der Waals surface area contributed by atoms with Gasteiger partial charge in [0.15, 0.2) is 0 Å². The molecule has 5 N–H and O–H groups in total. The Bertz CT molecular complexity index is 847. The summed E-state index contributed by atoms with van der Waals surface area (Å²) in [4.78, 5) is 0. The molecule has 9 heteroatoms. The van der Waals surface area contributed by atoms with Crippen LogP contribution in [0.15, 0.2) is 45.2 Å². The Morgan fingerprint density at radius 2 is 1.81 bits per heavy atom. The maximum atomic E-state index is 10.1. The number of nitrogens with one attached hydrogen (secondary N) is 1. The van der Waals surface area contributed by atoms with E-state index in [1.54, 1.807) is 6.92 Å². The third-order valence-corrected chi connectivity index (χ3v) is 3.81. The Morgan fingerprint density at radius 3 is 2.50 bits per heavy atom. The number of nitrogens with zero attached hydrogens (tertiary/aromatic N) is 2. The zero-order valence-electron chi connectivity index (χ0n) is 13.9. The number of para-hydroxylation sites is 1. The van der Waals surface area contributed by atoms with Crippen LogP contribution < -0.4 is 5.32 Å². The van der Waals surface area contributed by atoms with E-state index < -0.39 is 24.9 Å². The Hall–Kier alpha value is -2.72. The number of hydrogen-bond donors (Lipinski definition) is 5. The van der Waals surface area contributed by atoms with E-state index >= 15 is 0 Å². The van der Waals surface area contributed by atoms with Crippen LogP contribution in [-0.4, -0.2) is 49.4 Å². The molecule has 3 rings (SSSR count). The number of aliphatic hydroxyl groups excluding tert-OH is 4. The lowest BCUT2D eigenvalue weighted by atomic mass is 10.1. The highest BCUT2D eigenvalue weighted by Gasteiger charge is 2.29.